The van der Waals surface area contributed by atoms with E-state index < -0.39 is 0 Å². The summed E-state index contributed by atoms with van der Waals surface area (Å²) in [5.41, 5.74) is 3.55. The monoisotopic (exact) mass is 478 g/mol. The molecule has 2 heterocycles. The first-order valence-electron chi connectivity index (χ1n) is 10.6. The zero-order valence-corrected chi connectivity index (χ0v) is 20.3. The molecule has 0 aliphatic carbocycles. The minimum atomic E-state index is -0.0798. The average molecular weight is 479 g/mol. The first-order chi connectivity index (χ1) is 16.5. The number of carbonyl (C=O) groups excluding carboxylic acids is 1. The molecule has 0 aliphatic rings. The number of carbonyl (C=O) groups is 1. The number of aryl methyl sites for hydroxylation is 1. The molecule has 4 rings (SSSR count). The molecular formula is C24H26N6O3S. The van der Waals surface area contributed by atoms with Crippen LogP contribution in [0.3, 0.4) is 0 Å². The number of ether oxygens (including phenoxy) is 2. The lowest BCUT2D eigenvalue weighted by molar-refractivity contribution is -0.118. The van der Waals surface area contributed by atoms with Gasteiger partial charge < -0.3 is 19.4 Å². The Morgan fingerprint density at radius 1 is 1.03 bits per heavy atom. The number of hydrogen-bond acceptors (Lipinski definition) is 7. The summed E-state index contributed by atoms with van der Waals surface area (Å²) in [6, 6.07) is 15.3. The Morgan fingerprint density at radius 2 is 1.79 bits per heavy atom. The Hall–Kier alpha value is -3.79. The van der Waals surface area contributed by atoms with Gasteiger partial charge in [-0.2, -0.15) is 5.10 Å². The third-order valence-electron chi connectivity index (χ3n) is 5.23. The van der Waals surface area contributed by atoms with Gasteiger partial charge in [-0.25, -0.2) is 0 Å². The van der Waals surface area contributed by atoms with E-state index in [1.807, 2.05) is 73.4 Å². The van der Waals surface area contributed by atoms with E-state index in [1.54, 1.807) is 18.9 Å². The van der Waals surface area contributed by atoms with Crippen LogP contribution in [0.4, 0.5) is 0 Å². The average Bonchev–Trinajstić information content (AvgIpc) is 3.43. The zero-order chi connectivity index (χ0) is 24.1. The number of amides is 1. The maximum atomic E-state index is 12.4. The van der Waals surface area contributed by atoms with Crippen molar-refractivity contribution in [3.05, 3.63) is 60.3 Å². The summed E-state index contributed by atoms with van der Waals surface area (Å²) in [6.45, 7) is 0.451. The second kappa shape index (κ2) is 10.4. The molecule has 0 saturated heterocycles. The van der Waals surface area contributed by atoms with Crippen LogP contribution in [-0.4, -0.2) is 50.4 Å². The van der Waals surface area contributed by atoms with Gasteiger partial charge in [0.2, 0.25) is 5.91 Å². The molecule has 1 amide bonds. The van der Waals surface area contributed by atoms with E-state index in [4.69, 9.17) is 9.47 Å². The Balaban J connectivity index is 1.43. The standard InChI is InChI=1S/C24H26N6O3S/c1-29-14-20(22(28-29)17-6-5-7-19(12-17)33-4)23-26-27-24(30(23)2)34-15-21(31)25-13-16-8-10-18(32-3)11-9-16/h5-12,14H,13,15H2,1-4H3,(H,25,31). The van der Waals surface area contributed by atoms with Gasteiger partial charge in [-0.05, 0) is 29.8 Å². The van der Waals surface area contributed by atoms with Gasteiger partial charge in [0, 0.05) is 32.4 Å². The zero-order valence-electron chi connectivity index (χ0n) is 19.5. The Morgan fingerprint density at radius 3 is 2.53 bits per heavy atom. The molecule has 34 heavy (non-hydrogen) atoms. The van der Waals surface area contributed by atoms with Crippen LogP contribution in [0.5, 0.6) is 11.5 Å². The van der Waals surface area contributed by atoms with Crippen molar-refractivity contribution in [3.8, 4) is 34.1 Å². The molecule has 0 bridgehead atoms. The number of methoxy groups -OCH3 is 2. The van der Waals surface area contributed by atoms with Crippen LogP contribution in [-0.2, 0) is 25.4 Å². The molecule has 4 aromatic rings. The highest BCUT2D eigenvalue weighted by molar-refractivity contribution is 7.99. The summed E-state index contributed by atoms with van der Waals surface area (Å²) in [4.78, 5) is 12.4. The van der Waals surface area contributed by atoms with Crippen LogP contribution in [0.1, 0.15) is 5.56 Å². The van der Waals surface area contributed by atoms with Gasteiger partial charge in [-0.3, -0.25) is 9.48 Å². The second-order valence-electron chi connectivity index (χ2n) is 7.58. The lowest BCUT2D eigenvalue weighted by atomic mass is 10.1. The molecule has 1 N–H and O–H groups in total. The Labute approximate surface area is 202 Å². The highest BCUT2D eigenvalue weighted by Crippen LogP contribution is 2.32. The molecule has 9 nitrogen and oxygen atoms in total. The first kappa shape index (κ1) is 23.4. The number of nitrogens with one attached hydrogen (secondary N) is 1. The third-order valence-corrected chi connectivity index (χ3v) is 6.25. The van der Waals surface area contributed by atoms with Crippen molar-refractivity contribution in [1.29, 1.82) is 0 Å². The maximum absolute atomic E-state index is 12.4. The van der Waals surface area contributed by atoms with E-state index in [9.17, 15) is 4.79 Å². The lowest BCUT2D eigenvalue weighted by Crippen LogP contribution is -2.24. The summed E-state index contributed by atoms with van der Waals surface area (Å²) in [5.74, 6) is 2.37. The minimum absolute atomic E-state index is 0.0798. The molecule has 0 unspecified atom stereocenters. The van der Waals surface area contributed by atoms with Gasteiger partial charge in [0.25, 0.3) is 0 Å². The smallest absolute Gasteiger partial charge is 0.230 e. The predicted molar refractivity (Wildman–Crippen MR) is 131 cm³/mol. The molecule has 0 radical (unpaired) electrons. The van der Waals surface area contributed by atoms with Crippen LogP contribution >= 0.6 is 11.8 Å². The van der Waals surface area contributed by atoms with E-state index >= 15 is 0 Å². The largest absolute Gasteiger partial charge is 0.497 e. The molecule has 2 aromatic carbocycles. The van der Waals surface area contributed by atoms with Crippen molar-refractivity contribution in [2.75, 3.05) is 20.0 Å². The van der Waals surface area contributed by atoms with E-state index in [0.717, 1.165) is 33.9 Å². The van der Waals surface area contributed by atoms with E-state index in [-0.39, 0.29) is 11.7 Å². The quantitative estimate of drug-likeness (QED) is 0.369. The first-order valence-corrected chi connectivity index (χ1v) is 11.6. The highest BCUT2D eigenvalue weighted by atomic mass is 32.2. The summed E-state index contributed by atoms with van der Waals surface area (Å²) in [5, 5.41) is 16.9. The topological polar surface area (TPSA) is 96.1 Å². The third kappa shape index (κ3) is 5.23. The van der Waals surface area contributed by atoms with Gasteiger partial charge in [0.15, 0.2) is 11.0 Å². The van der Waals surface area contributed by atoms with E-state index in [1.165, 1.54) is 11.8 Å². The molecule has 0 saturated carbocycles. The Bertz CT molecular complexity index is 1280. The van der Waals surface area contributed by atoms with Crippen molar-refractivity contribution in [2.24, 2.45) is 14.1 Å². The number of aromatic nitrogens is 5. The van der Waals surface area contributed by atoms with Crippen LogP contribution in [0.15, 0.2) is 59.9 Å². The van der Waals surface area contributed by atoms with Gasteiger partial charge >= 0.3 is 0 Å². The Kier molecular flexibility index (Phi) is 7.17. The lowest BCUT2D eigenvalue weighted by Gasteiger charge is -2.07. The number of rotatable bonds is 9. The maximum Gasteiger partial charge on any atom is 0.230 e. The number of hydrogen-bond donors (Lipinski definition) is 1. The predicted octanol–water partition coefficient (Wildman–Crippen LogP) is 3.31. The highest BCUT2D eigenvalue weighted by Gasteiger charge is 2.19. The van der Waals surface area contributed by atoms with Gasteiger partial charge in [-0.1, -0.05) is 36.0 Å². The van der Waals surface area contributed by atoms with Gasteiger partial charge in [0.05, 0.1) is 25.5 Å². The van der Waals surface area contributed by atoms with Gasteiger partial charge in [0.1, 0.15) is 17.2 Å². The molecule has 2 aromatic heterocycles. The molecule has 176 valence electrons. The molecule has 0 aliphatic heterocycles. The van der Waals surface area contributed by atoms with Crippen molar-refractivity contribution in [1.82, 2.24) is 29.9 Å². The van der Waals surface area contributed by atoms with Crippen LogP contribution in [0, 0.1) is 0 Å². The van der Waals surface area contributed by atoms with Crippen LogP contribution in [0.25, 0.3) is 22.6 Å². The van der Waals surface area contributed by atoms with Crippen molar-refractivity contribution < 1.29 is 14.3 Å². The normalized spacial score (nSPS) is 10.8. The fourth-order valence-corrected chi connectivity index (χ4v) is 4.18. The molecule has 10 heteroatoms. The second-order valence-corrected chi connectivity index (χ2v) is 8.52. The van der Waals surface area contributed by atoms with Crippen molar-refractivity contribution in [2.45, 2.75) is 11.7 Å². The van der Waals surface area contributed by atoms with E-state index in [2.05, 4.69) is 20.6 Å². The number of benzene rings is 2. The molecule has 0 spiro atoms. The van der Waals surface area contributed by atoms with Crippen LogP contribution in [0.2, 0.25) is 0 Å². The van der Waals surface area contributed by atoms with Gasteiger partial charge in [-0.15, -0.1) is 10.2 Å². The molecule has 0 fully saturated rings. The minimum Gasteiger partial charge on any atom is -0.497 e. The summed E-state index contributed by atoms with van der Waals surface area (Å²) in [7, 11) is 7.01. The number of thioether (sulfide) groups is 1. The molecular weight excluding hydrogens is 452 g/mol. The summed E-state index contributed by atoms with van der Waals surface area (Å²) < 4.78 is 14.1. The summed E-state index contributed by atoms with van der Waals surface area (Å²) in [6.07, 6.45) is 1.91. The van der Waals surface area contributed by atoms with Crippen LogP contribution < -0.4 is 14.8 Å². The van der Waals surface area contributed by atoms with E-state index in [0.29, 0.717) is 17.5 Å². The fraction of sp³-hybridized carbons (Fsp3) is 0.250. The molecule has 0 atom stereocenters. The SMILES string of the molecule is COc1ccc(CNC(=O)CSc2nnc(-c3cn(C)nc3-c3cccc(OC)c3)n2C)cc1. The number of nitrogens with zero attached hydrogens (tertiary/aromatic N) is 5. The van der Waals surface area contributed by atoms with Crippen molar-refractivity contribution >= 4 is 17.7 Å². The van der Waals surface area contributed by atoms with Crippen molar-refractivity contribution in [3.63, 3.8) is 0 Å². The summed E-state index contributed by atoms with van der Waals surface area (Å²) >= 11 is 1.34. The fourth-order valence-electron chi connectivity index (χ4n) is 3.44.